The van der Waals surface area contributed by atoms with Gasteiger partial charge in [-0.25, -0.2) is 4.79 Å². The topological polar surface area (TPSA) is 52.3 Å². The molecule has 1 heterocycles. The number of esters is 1. The van der Waals surface area contributed by atoms with Gasteiger partial charge in [0.15, 0.2) is 0 Å². The van der Waals surface area contributed by atoms with Crippen molar-refractivity contribution in [3.8, 4) is 0 Å². The Morgan fingerprint density at radius 2 is 2.11 bits per heavy atom. The Morgan fingerprint density at radius 3 is 2.78 bits per heavy atom. The Hall–Kier alpha value is -1.36. The zero-order valence-corrected chi connectivity index (χ0v) is 11.1. The molecule has 0 bridgehead atoms. The van der Waals surface area contributed by atoms with Crippen LogP contribution < -0.4 is 5.73 Å². The van der Waals surface area contributed by atoms with Crippen LogP contribution in [-0.4, -0.2) is 5.97 Å². The van der Waals surface area contributed by atoms with Crippen LogP contribution in [0, 0.1) is 0 Å². The molecule has 0 unspecified atom stereocenters. The van der Waals surface area contributed by atoms with Gasteiger partial charge >= 0.3 is 5.97 Å². The predicted octanol–water partition coefficient (Wildman–Crippen LogP) is 3.14. The molecule has 2 N–H and O–H groups in total. The summed E-state index contributed by atoms with van der Waals surface area (Å²) in [7, 11) is 0. The zero-order valence-electron chi connectivity index (χ0n) is 9.51. The van der Waals surface area contributed by atoms with Crippen LogP contribution >= 0.6 is 22.9 Å². The van der Waals surface area contributed by atoms with E-state index in [1.807, 2.05) is 17.5 Å². The van der Waals surface area contributed by atoms with Gasteiger partial charge in [-0.05, 0) is 23.1 Å². The van der Waals surface area contributed by atoms with E-state index in [0.29, 0.717) is 10.6 Å². The van der Waals surface area contributed by atoms with Crippen LogP contribution in [0.15, 0.2) is 41.8 Å². The van der Waals surface area contributed by atoms with Gasteiger partial charge in [-0.3, -0.25) is 0 Å². The molecule has 0 aliphatic carbocycles. The van der Waals surface area contributed by atoms with E-state index in [9.17, 15) is 4.79 Å². The van der Waals surface area contributed by atoms with Crippen LogP contribution in [0.1, 0.15) is 16.5 Å². The largest absolute Gasteiger partial charge is 0.459 e. The third-order valence-electron chi connectivity index (χ3n) is 2.43. The first-order valence-corrected chi connectivity index (χ1v) is 6.63. The van der Waals surface area contributed by atoms with Crippen molar-refractivity contribution in [3.63, 3.8) is 0 Å². The fraction of sp³-hybridized carbons (Fsp3) is 0.154. The Labute approximate surface area is 114 Å². The third kappa shape index (κ3) is 3.10. The number of hydrogen-bond donors (Lipinski definition) is 1. The van der Waals surface area contributed by atoms with E-state index in [1.165, 1.54) is 11.3 Å². The number of ether oxygens (including phenoxy) is 1. The first-order valence-electron chi connectivity index (χ1n) is 5.37. The molecule has 0 fully saturated rings. The zero-order chi connectivity index (χ0) is 13.0. The second-order valence-electron chi connectivity index (χ2n) is 3.69. The SMILES string of the molecule is N[C@@H](C(=O)OCc1cccs1)c1ccccc1Cl. The molecule has 0 aliphatic rings. The first-order chi connectivity index (χ1) is 8.68. The summed E-state index contributed by atoms with van der Waals surface area (Å²) in [5, 5.41) is 2.40. The second kappa shape index (κ2) is 6.00. The smallest absolute Gasteiger partial charge is 0.327 e. The quantitative estimate of drug-likeness (QED) is 0.876. The summed E-state index contributed by atoms with van der Waals surface area (Å²) in [6.07, 6.45) is 0. The second-order valence-corrected chi connectivity index (χ2v) is 5.13. The van der Waals surface area contributed by atoms with Crippen molar-refractivity contribution in [2.75, 3.05) is 0 Å². The molecule has 0 spiro atoms. The van der Waals surface area contributed by atoms with Gasteiger partial charge in [0.2, 0.25) is 0 Å². The molecule has 0 aliphatic heterocycles. The summed E-state index contributed by atoms with van der Waals surface area (Å²) < 4.78 is 5.15. The van der Waals surface area contributed by atoms with Crippen molar-refractivity contribution in [1.29, 1.82) is 0 Å². The number of carbonyl (C=O) groups excluding carboxylic acids is 1. The molecule has 5 heteroatoms. The minimum Gasteiger partial charge on any atom is -0.459 e. The maximum atomic E-state index is 11.8. The van der Waals surface area contributed by atoms with Crippen molar-refractivity contribution in [2.45, 2.75) is 12.6 Å². The Kier molecular flexibility index (Phi) is 4.36. The van der Waals surface area contributed by atoms with E-state index in [1.54, 1.807) is 24.3 Å². The molecule has 0 amide bonds. The fourth-order valence-electron chi connectivity index (χ4n) is 1.48. The Morgan fingerprint density at radius 1 is 1.33 bits per heavy atom. The predicted molar refractivity (Wildman–Crippen MR) is 72.5 cm³/mol. The summed E-state index contributed by atoms with van der Waals surface area (Å²) in [6, 6.07) is 9.95. The molecule has 2 rings (SSSR count). The van der Waals surface area contributed by atoms with Gasteiger partial charge in [-0.2, -0.15) is 0 Å². The van der Waals surface area contributed by atoms with Crippen LogP contribution in [0.5, 0.6) is 0 Å². The van der Waals surface area contributed by atoms with Crippen LogP contribution in [0.2, 0.25) is 5.02 Å². The normalized spacial score (nSPS) is 12.1. The summed E-state index contributed by atoms with van der Waals surface area (Å²) in [5.41, 5.74) is 6.40. The number of halogens is 1. The molecule has 0 radical (unpaired) electrons. The lowest BCUT2D eigenvalue weighted by molar-refractivity contribution is -0.146. The van der Waals surface area contributed by atoms with Crippen molar-refractivity contribution in [1.82, 2.24) is 0 Å². The van der Waals surface area contributed by atoms with Crippen LogP contribution in [-0.2, 0) is 16.1 Å². The monoisotopic (exact) mass is 281 g/mol. The number of hydrogen-bond acceptors (Lipinski definition) is 4. The number of nitrogens with two attached hydrogens (primary N) is 1. The molecule has 0 saturated carbocycles. The first kappa shape index (κ1) is 13.1. The summed E-state index contributed by atoms with van der Waals surface area (Å²) in [5.74, 6) is -0.475. The van der Waals surface area contributed by atoms with Crippen molar-refractivity contribution in [2.24, 2.45) is 5.73 Å². The molecular formula is C13H12ClNO2S. The minimum atomic E-state index is -0.848. The van der Waals surface area contributed by atoms with Crippen LogP contribution in [0.3, 0.4) is 0 Å². The van der Waals surface area contributed by atoms with E-state index in [-0.39, 0.29) is 6.61 Å². The average Bonchev–Trinajstić information content (AvgIpc) is 2.89. The summed E-state index contributed by atoms with van der Waals surface area (Å²) in [4.78, 5) is 12.8. The highest BCUT2D eigenvalue weighted by atomic mass is 35.5. The van der Waals surface area contributed by atoms with Gasteiger partial charge in [0.05, 0.1) is 0 Å². The van der Waals surface area contributed by atoms with E-state index in [0.717, 1.165) is 4.88 Å². The maximum absolute atomic E-state index is 11.8. The van der Waals surface area contributed by atoms with Gasteiger partial charge in [0.1, 0.15) is 12.6 Å². The number of thiophene rings is 1. The highest BCUT2D eigenvalue weighted by Crippen LogP contribution is 2.22. The van der Waals surface area contributed by atoms with Crippen LogP contribution in [0.4, 0.5) is 0 Å². The highest BCUT2D eigenvalue weighted by Gasteiger charge is 2.19. The van der Waals surface area contributed by atoms with Gasteiger partial charge in [0.25, 0.3) is 0 Å². The third-order valence-corrected chi connectivity index (χ3v) is 3.63. The standard InChI is InChI=1S/C13H12ClNO2S/c14-11-6-2-1-5-10(11)12(15)13(16)17-8-9-4-3-7-18-9/h1-7,12H,8,15H2/t12-/m1/s1. The van der Waals surface area contributed by atoms with Gasteiger partial charge < -0.3 is 10.5 Å². The van der Waals surface area contributed by atoms with Crippen molar-refractivity contribution < 1.29 is 9.53 Å². The summed E-state index contributed by atoms with van der Waals surface area (Å²) >= 11 is 7.51. The van der Waals surface area contributed by atoms with Gasteiger partial charge in [-0.15, -0.1) is 11.3 Å². The molecule has 18 heavy (non-hydrogen) atoms. The van der Waals surface area contributed by atoms with Gasteiger partial charge in [-0.1, -0.05) is 35.9 Å². The number of carbonyl (C=O) groups is 1. The Balaban J connectivity index is 1.99. The van der Waals surface area contributed by atoms with Crippen LogP contribution in [0.25, 0.3) is 0 Å². The molecule has 1 aromatic carbocycles. The molecule has 1 atom stereocenters. The maximum Gasteiger partial charge on any atom is 0.327 e. The lowest BCUT2D eigenvalue weighted by Crippen LogP contribution is -2.23. The molecular weight excluding hydrogens is 270 g/mol. The molecule has 0 saturated heterocycles. The summed E-state index contributed by atoms with van der Waals surface area (Å²) in [6.45, 7) is 0.245. The number of benzene rings is 1. The molecule has 94 valence electrons. The highest BCUT2D eigenvalue weighted by molar-refractivity contribution is 7.09. The minimum absolute atomic E-state index is 0.245. The van der Waals surface area contributed by atoms with E-state index in [4.69, 9.17) is 22.1 Å². The molecule has 1 aromatic heterocycles. The van der Waals surface area contributed by atoms with Crippen molar-refractivity contribution in [3.05, 3.63) is 57.2 Å². The van der Waals surface area contributed by atoms with E-state index >= 15 is 0 Å². The van der Waals surface area contributed by atoms with Gasteiger partial charge in [0, 0.05) is 9.90 Å². The van der Waals surface area contributed by atoms with Crippen molar-refractivity contribution >= 4 is 28.9 Å². The Bertz CT molecular complexity index is 528. The number of rotatable bonds is 4. The average molecular weight is 282 g/mol. The van der Waals surface area contributed by atoms with E-state index in [2.05, 4.69) is 0 Å². The van der Waals surface area contributed by atoms with E-state index < -0.39 is 12.0 Å². The lowest BCUT2D eigenvalue weighted by Gasteiger charge is -2.12. The lowest BCUT2D eigenvalue weighted by atomic mass is 10.1. The molecule has 3 nitrogen and oxygen atoms in total. The molecule has 2 aromatic rings. The fourth-order valence-corrected chi connectivity index (χ4v) is 2.35.